The number of allylic oxidation sites excluding steroid dienone is 2. The average Bonchev–Trinajstić information content (AvgIpc) is 3.49. The van der Waals surface area contributed by atoms with Gasteiger partial charge in [-0.3, -0.25) is 4.99 Å². The van der Waals surface area contributed by atoms with E-state index in [9.17, 15) is 0 Å². The third-order valence-electron chi connectivity index (χ3n) is 7.73. The zero-order valence-corrected chi connectivity index (χ0v) is 22.9. The molecule has 0 aromatic heterocycles. The maximum absolute atomic E-state index is 6.55. The predicted octanol–water partition coefficient (Wildman–Crippen LogP) is 9.59. The van der Waals surface area contributed by atoms with Crippen LogP contribution in [0.2, 0.25) is 0 Å². The van der Waals surface area contributed by atoms with Crippen molar-refractivity contribution in [2.75, 3.05) is 5.32 Å². The largest absolute Gasteiger partial charge is 0.464 e. The molecule has 0 saturated carbocycles. The Morgan fingerprint density at radius 3 is 2.12 bits per heavy atom. The minimum absolute atomic E-state index is 0.201. The number of fused-ring (bicyclic) bond motifs is 5. The summed E-state index contributed by atoms with van der Waals surface area (Å²) in [5.41, 5.74) is 7.76. The van der Waals surface area contributed by atoms with E-state index in [1.807, 2.05) is 30.3 Å². The number of nitrogens with zero attached hydrogens (tertiary/aromatic N) is 1. The second-order valence-corrected chi connectivity index (χ2v) is 10.5. The monoisotopic (exact) mass is 530 g/mol. The van der Waals surface area contributed by atoms with E-state index >= 15 is 0 Å². The van der Waals surface area contributed by atoms with Crippen molar-refractivity contribution in [2.24, 2.45) is 4.99 Å². The van der Waals surface area contributed by atoms with Crippen molar-refractivity contribution < 1.29 is 4.74 Å². The average molecular weight is 531 g/mol. The number of ether oxygens (including phenoxy) is 1. The van der Waals surface area contributed by atoms with E-state index in [4.69, 9.17) is 9.73 Å². The van der Waals surface area contributed by atoms with E-state index in [0.29, 0.717) is 6.54 Å². The first-order valence-corrected chi connectivity index (χ1v) is 14.0. The van der Waals surface area contributed by atoms with E-state index in [0.717, 1.165) is 39.2 Å². The van der Waals surface area contributed by atoms with Crippen LogP contribution in [0.1, 0.15) is 35.4 Å². The van der Waals surface area contributed by atoms with Crippen LogP contribution in [0.25, 0.3) is 27.1 Å². The molecule has 0 aliphatic carbocycles. The van der Waals surface area contributed by atoms with Gasteiger partial charge in [0.05, 0.1) is 17.9 Å². The second-order valence-electron chi connectivity index (χ2n) is 10.5. The molecule has 6 aromatic rings. The Bertz CT molecular complexity index is 1910. The lowest BCUT2D eigenvalue weighted by molar-refractivity contribution is 0.263. The minimum atomic E-state index is -0.201. The first kappa shape index (κ1) is 24.9. The van der Waals surface area contributed by atoms with Crippen LogP contribution in [0.3, 0.4) is 0 Å². The van der Waals surface area contributed by atoms with Gasteiger partial charge in [0, 0.05) is 10.9 Å². The van der Waals surface area contributed by atoms with Gasteiger partial charge in [0.15, 0.2) is 12.0 Å². The maximum atomic E-state index is 6.55. The molecule has 1 atom stereocenters. The molecule has 1 unspecified atom stereocenters. The summed E-state index contributed by atoms with van der Waals surface area (Å²) >= 11 is 0. The van der Waals surface area contributed by atoms with Gasteiger partial charge in [0.2, 0.25) is 0 Å². The normalized spacial score (nSPS) is 15.0. The van der Waals surface area contributed by atoms with Gasteiger partial charge in [-0.1, -0.05) is 121 Å². The first-order chi connectivity index (χ1) is 20.2. The van der Waals surface area contributed by atoms with Crippen molar-refractivity contribution in [3.05, 3.63) is 162 Å². The third-order valence-corrected chi connectivity index (χ3v) is 7.73. The van der Waals surface area contributed by atoms with Crippen LogP contribution in [0.5, 0.6) is 5.75 Å². The number of hydrogen-bond acceptors (Lipinski definition) is 3. The molecule has 0 bridgehead atoms. The summed E-state index contributed by atoms with van der Waals surface area (Å²) in [5, 5.41) is 8.23. The van der Waals surface area contributed by atoms with Gasteiger partial charge in [-0.15, -0.1) is 0 Å². The van der Waals surface area contributed by atoms with Crippen molar-refractivity contribution in [2.45, 2.75) is 19.7 Å². The lowest BCUT2D eigenvalue weighted by atomic mass is 9.98. The summed E-state index contributed by atoms with van der Waals surface area (Å²) in [6.45, 7) is 2.73. The molecule has 1 N–H and O–H groups in total. The Morgan fingerprint density at radius 2 is 1.37 bits per heavy atom. The molecule has 0 saturated heterocycles. The van der Waals surface area contributed by atoms with Crippen molar-refractivity contribution in [1.29, 1.82) is 0 Å². The van der Waals surface area contributed by atoms with Crippen LogP contribution in [-0.2, 0) is 6.54 Å². The number of benzene rings is 6. The first-order valence-electron chi connectivity index (χ1n) is 14.0. The molecular weight excluding hydrogens is 500 g/mol. The highest BCUT2D eigenvalue weighted by Gasteiger charge is 2.26. The fourth-order valence-electron chi connectivity index (χ4n) is 5.56. The topological polar surface area (TPSA) is 33.6 Å². The molecular formula is C38H30N2O. The molecule has 6 aromatic carbocycles. The molecule has 3 nitrogen and oxygen atoms in total. The summed E-state index contributed by atoms with van der Waals surface area (Å²) in [6.07, 6.45) is 1.99. The molecule has 0 fully saturated rings. The summed E-state index contributed by atoms with van der Waals surface area (Å²) < 4.78 is 6.55. The van der Waals surface area contributed by atoms with Gasteiger partial charge in [0.25, 0.3) is 0 Å². The van der Waals surface area contributed by atoms with Crippen molar-refractivity contribution >= 4 is 38.5 Å². The van der Waals surface area contributed by atoms with Gasteiger partial charge in [-0.25, -0.2) is 0 Å². The molecule has 1 aliphatic rings. The summed E-state index contributed by atoms with van der Waals surface area (Å²) in [7, 11) is 0. The van der Waals surface area contributed by atoms with Crippen LogP contribution < -0.4 is 10.1 Å². The molecule has 0 radical (unpaired) electrons. The third kappa shape index (κ3) is 4.99. The molecule has 0 spiro atoms. The fraction of sp³-hybridized carbons (Fsp3) is 0.0789. The standard InChI is InChI=1S/C38H30N2O/c1-26(28-11-5-2-6-12-28)23-35(30-13-7-3-8-14-30)39-25-27-17-18-29-19-20-31-21-22-34-37(36(31)33(29)24-27)41-38(40-34)32-15-9-4-10-16-32/h2-24,38,40H,25H2,1H3/b26-23+,39-35+. The highest BCUT2D eigenvalue weighted by atomic mass is 16.5. The van der Waals surface area contributed by atoms with Crippen LogP contribution in [0.4, 0.5) is 5.69 Å². The zero-order chi connectivity index (χ0) is 27.6. The molecule has 0 amide bonds. The van der Waals surface area contributed by atoms with E-state index in [-0.39, 0.29) is 6.23 Å². The van der Waals surface area contributed by atoms with E-state index in [1.54, 1.807) is 0 Å². The Kier molecular flexibility index (Phi) is 6.54. The van der Waals surface area contributed by atoms with Crippen molar-refractivity contribution in [1.82, 2.24) is 0 Å². The second kappa shape index (κ2) is 10.8. The number of nitrogens with one attached hydrogen (secondary N) is 1. The predicted molar refractivity (Wildman–Crippen MR) is 172 cm³/mol. The van der Waals surface area contributed by atoms with Crippen LogP contribution in [0, 0.1) is 0 Å². The Balaban J connectivity index is 1.28. The number of rotatable bonds is 6. The lowest BCUT2D eigenvalue weighted by Gasteiger charge is -2.12. The number of aliphatic imine (C=N–C) groups is 1. The molecule has 41 heavy (non-hydrogen) atoms. The van der Waals surface area contributed by atoms with E-state index in [2.05, 4.69) is 121 Å². The molecule has 1 aliphatic heterocycles. The smallest absolute Gasteiger partial charge is 0.196 e. The quantitative estimate of drug-likeness (QED) is 0.172. The van der Waals surface area contributed by atoms with Crippen molar-refractivity contribution in [3.63, 3.8) is 0 Å². The van der Waals surface area contributed by atoms with Crippen molar-refractivity contribution in [3.8, 4) is 5.75 Å². The van der Waals surface area contributed by atoms with Gasteiger partial charge in [-0.05, 0) is 63.6 Å². The van der Waals surface area contributed by atoms with Crippen LogP contribution in [0.15, 0.2) is 145 Å². The highest BCUT2D eigenvalue weighted by molar-refractivity contribution is 6.13. The maximum Gasteiger partial charge on any atom is 0.196 e. The lowest BCUT2D eigenvalue weighted by Crippen LogP contribution is -2.09. The highest BCUT2D eigenvalue weighted by Crippen LogP contribution is 2.45. The minimum Gasteiger partial charge on any atom is -0.464 e. The van der Waals surface area contributed by atoms with Gasteiger partial charge >= 0.3 is 0 Å². The molecule has 3 heteroatoms. The molecule has 1 heterocycles. The van der Waals surface area contributed by atoms with Gasteiger partial charge in [-0.2, -0.15) is 0 Å². The zero-order valence-electron chi connectivity index (χ0n) is 22.9. The number of hydrogen-bond donors (Lipinski definition) is 1. The summed E-state index contributed by atoms with van der Waals surface area (Å²) in [4.78, 5) is 5.14. The fourth-order valence-corrected chi connectivity index (χ4v) is 5.56. The summed E-state index contributed by atoms with van der Waals surface area (Å²) in [6, 6.07) is 46.5. The Hall–Kier alpha value is -5.15. The molecule has 198 valence electrons. The van der Waals surface area contributed by atoms with E-state index < -0.39 is 0 Å². The van der Waals surface area contributed by atoms with Crippen LogP contribution >= 0.6 is 0 Å². The van der Waals surface area contributed by atoms with Gasteiger partial charge in [0.1, 0.15) is 0 Å². The van der Waals surface area contributed by atoms with Crippen LogP contribution in [-0.4, -0.2) is 5.71 Å². The number of anilines is 1. The Morgan fingerprint density at radius 1 is 0.732 bits per heavy atom. The molecule has 7 rings (SSSR count). The Labute approximate surface area is 240 Å². The van der Waals surface area contributed by atoms with E-state index in [1.165, 1.54) is 27.3 Å². The summed E-state index contributed by atoms with van der Waals surface area (Å²) in [5.74, 6) is 0.911. The van der Waals surface area contributed by atoms with Gasteiger partial charge < -0.3 is 10.1 Å². The SMILES string of the molecule is C/C(=C\C(=N/Cc1ccc2ccc3ccc4c(c3c2c1)OC(c1ccccc1)N4)c1ccccc1)c1ccccc1.